The van der Waals surface area contributed by atoms with Gasteiger partial charge >= 0.3 is 11.9 Å². The smallest absolute Gasteiger partial charge is 0.306 e. The Morgan fingerprint density at radius 3 is 0.915 bits per heavy atom. The van der Waals surface area contributed by atoms with Crippen LogP contribution >= 0.6 is 0 Å². The molecule has 0 heterocycles. The van der Waals surface area contributed by atoms with E-state index in [-0.39, 0.29) is 25.2 Å². The number of aliphatic hydroxyl groups excluding tert-OH is 1. The minimum Gasteiger partial charge on any atom is -0.462 e. The summed E-state index contributed by atoms with van der Waals surface area (Å²) in [6.07, 6.45) is 83.7. The number of aliphatic hydroxyl groups is 1. The van der Waals surface area contributed by atoms with Crippen molar-refractivity contribution in [3.05, 3.63) is 60.8 Å². The van der Waals surface area contributed by atoms with E-state index in [1.807, 2.05) is 0 Å². The van der Waals surface area contributed by atoms with Crippen molar-refractivity contribution in [1.29, 1.82) is 0 Å². The second kappa shape index (κ2) is 61.9. The van der Waals surface area contributed by atoms with Crippen LogP contribution in [0.2, 0.25) is 0 Å². The van der Waals surface area contributed by atoms with Gasteiger partial charge in [0, 0.05) is 12.8 Å². The van der Waals surface area contributed by atoms with Crippen LogP contribution in [-0.4, -0.2) is 36.4 Å². The number of hydrogen-bond acceptors (Lipinski definition) is 5. The normalized spacial score (nSPS) is 12.5. The van der Waals surface area contributed by atoms with Gasteiger partial charge in [0.2, 0.25) is 0 Å². The molecule has 1 unspecified atom stereocenters. The van der Waals surface area contributed by atoms with Crippen molar-refractivity contribution in [3.63, 3.8) is 0 Å². The summed E-state index contributed by atoms with van der Waals surface area (Å²) in [7, 11) is 0. The van der Waals surface area contributed by atoms with Crippen LogP contribution in [0.3, 0.4) is 0 Å². The van der Waals surface area contributed by atoms with Crippen molar-refractivity contribution >= 4 is 11.9 Å². The minimum atomic E-state index is -0.769. The van der Waals surface area contributed by atoms with Crippen molar-refractivity contribution in [2.75, 3.05) is 13.2 Å². The molecule has 5 nitrogen and oxygen atoms in total. The Labute approximate surface area is 442 Å². The Morgan fingerprint density at radius 2 is 0.606 bits per heavy atom. The third-order valence-electron chi connectivity index (χ3n) is 14.1. The van der Waals surface area contributed by atoms with Crippen LogP contribution in [0.25, 0.3) is 0 Å². The highest BCUT2D eigenvalue weighted by atomic mass is 16.6. The first-order chi connectivity index (χ1) is 35.1. The van der Waals surface area contributed by atoms with E-state index in [2.05, 4.69) is 74.6 Å². The summed E-state index contributed by atoms with van der Waals surface area (Å²) in [5.74, 6) is -0.570. The number of esters is 2. The van der Waals surface area contributed by atoms with Gasteiger partial charge in [-0.3, -0.25) is 9.59 Å². The van der Waals surface area contributed by atoms with Gasteiger partial charge in [-0.15, -0.1) is 0 Å². The van der Waals surface area contributed by atoms with Gasteiger partial charge in [-0.1, -0.05) is 319 Å². The molecule has 0 fully saturated rings. The molecule has 0 aromatic rings. The van der Waals surface area contributed by atoms with Gasteiger partial charge in [0.15, 0.2) is 6.10 Å². The molecule has 0 aromatic carbocycles. The van der Waals surface area contributed by atoms with Crippen LogP contribution in [0.4, 0.5) is 0 Å². The maximum Gasteiger partial charge on any atom is 0.306 e. The Morgan fingerprint density at radius 1 is 0.338 bits per heavy atom. The fourth-order valence-electron chi connectivity index (χ4n) is 9.41. The van der Waals surface area contributed by atoms with Gasteiger partial charge in [0.25, 0.3) is 0 Å². The third-order valence-corrected chi connectivity index (χ3v) is 14.1. The minimum absolute atomic E-state index is 0.0596. The van der Waals surface area contributed by atoms with Crippen LogP contribution in [0.1, 0.15) is 328 Å². The highest BCUT2D eigenvalue weighted by molar-refractivity contribution is 5.70. The Hall–Kier alpha value is -2.40. The van der Waals surface area contributed by atoms with Crippen LogP contribution in [0, 0.1) is 0 Å². The topological polar surface area (TPSA) is 72.8 Å². The number of hydrogen-bond donors (Lipinski definition) is 1. The SMILES string of the molecule is CC/C=C\C/C=C\C/C=C\C/C=C\C/C=C\CCCCCCCCCCCCCCCCCCCCCCCCCC(=O)OC(CO)COC(=O)CCCCCCCCCCCCCCCCCCCC. The highest BCUT2D eigenvalue weighted by Crippen LogP contribution is 2.18. The average Bonchev–Trinajstić information content (AvgIpc) is 3.37. The molecule has 0 saturated heterocycles. The van der Waals surface area contributed by atoms with Crippen molar-refractivity contribution in [2.24, 2.45) is 0 Å². The molecule has 0 aliphatic heterocycles. The lowest BCUT2D eigenvalue weighted by atomic mass is 10.0. The van der Waals surface area contributed by atoms with E-state index in [0.717, 1.165) is 64.2 Å². The number of unbranched alkanes of at least 4 members (excludes halogenated alkanes) is 40. The number of rotatable bonds is 58. The molecule has 0 saturated carbocycles. The van der Waals surface area contributed by atoms with E-state index in [9.17, 15) is 14.7 Å². The lowest BCUT2D eigenvalue weighted by molar-refractivity contribution is -0.161. The monoisotopic (exact) mass is 993 g/mol. The molecular weight excluding hydrogens is 873 g/mol. The zero-order chi connectivity index (χ0) is 51.3. The van der Waals surface area contributed by atoms with E-state index >= 15 is 0 Å². The lowest BCUT2D eigenvalue weighted by Gasteiger charge is -2.15. The van der Waals surface area contributed by atoms with E-state index < -0.39 is 6.10 Å². The molecule has 414 valence electrons. The predicted octanol–water partition coefficient (Wildman–Crippen LogP) is 21.4. The van der Waals surface area contributed by atoms with Gasteiger partial charge in [0.1, 0.15) is 6.61 Å². The quantitative estimate of drug-likeness (QED) is 0.0373. The second-order valence-electron chi connectivity index (χ2n) is 21.1. The van der Waals surface area contributed by atoms with Crippen molar-refractivity contribution < 1.29 is 24.2 Å². The van der Waals surface area contributed by atoms with Crippen LogP contribution < -0.4 is 0 Å². The largest absolute Gasteiger partial charge is 0.462 e. The van der Waals surface area contributed by atoms with Crippen LogP contribution in [-0.2, 0) is 19.1 Å². The van der Waals surface area contributed by atoms with Gasteiger partial charge in [-0.25, -0.2) is 0 Å². The molecule has 0 bridgehead atoms. The Kier molecular flexibility index (Phi) is 59.8. The van der Waals surface area contributed by atoms with Crippen molar-refractivity contribution in [3.8, 4) is 0 Å². The van der Waals surface area contributed by atoms with Crippen molar-refractivity contribution in [1.82, 2.24) is 0 Å². The third kappa shape index (κ3) is 60.1. The molecule has 0 aliphatic rings. The first kappa shape index (κ1) is 68.6. The molecule has 0 aromatic heterocycles. The molecule has 0 radical (unpaired) electrons. The fourth-order valence-corrected chi connectivity index (χ4v) is 9.41. The summed E-state index contributed by atoms with van der Waals surface area (Å²) in [6, 6.07) is 0. The average molecular weight is 994 g/mol. The Bertz CT molecular complexity index is 1210. The standard InChI is InChI=1S/C66H120O5/c1-3-5-7-9-11-13-15-17-19-21-23-24-25-26-27-28-29-30-31-32-33-34-35-36-37-38-39-40-41-42-43-45-47-49-51-53-55-57-59-61-66(69)71-64(62-67)63-70-65(68)60-58-56-54-52-50-48-46-44-22-20-18-16-14-12-10-8-6-4-2/h5,7,11,13,17,19,23-24,26-27,64,67H,3-4,6,8-10,12,14-16,18,20-22,25,28-63H2,1-2H3/b7-5-,13-11-,19-17-,24-23-,27-26-. The van der Waals surface area contributed by atoms with Crippen molar-refractivity contribution in [2.45, 2.75) is 335 Å². The molecule has 71 heavy (non-hydrogen) atoms. The van der Waals surface area contributed by atoms with Gasteiger partial charge in [0.05, 0.1) is 6.61 Å². The highest BCUT2D eigenvalue weighted by Gasteiger charge is 2.16. The summed E-state index contributed by atoms with van der Waals surface area (Å²) < 4.78 is 10.7. The second-order valence-corrected chi connectivity index (χ2v) is 21.1. The van der Waals surface area contributed by atoms with E-state index in [0.29, 0.717) is 12.8 Å². The maximum absolute atomic E-state index is 12.3. The summed E-state index contributed by atoms with van der Waals surface area (Å²) in [4.78, 5) is 24.5. The number of carbonyl (C=O) groups is 2. The summed E-state index contributed by atoms with van der Waals surface area (Å²) in [6.45, 7) is 4.07. The number of ether oxygens (including phenoxy) is 2. The fraction of sp³-hybridized carbons (Fsp3) is 0.818. The predicted molar refractivity (Wildman–Crippen MR) is 311 cm³/mol. The molecule has 1 atom stereocenters. The summed E-state index contributed by atoms with van der Waals surface area (Å²) >= 11 is 0. The first-order valence-electron chi connectivity index (χ1n) is 31.3. The van der Waals surface area contributed by atoms with E-state index in [1.54, 1.807) is 0 Å². The Balaban J connectivity index is 3.40. The van der Waals surface area contributed by atoms with Crippen LogP contribution in [0.5, 0.6) is 0 Å². The zero-order valence-corrected chi connectivity index (χ0v) is 47.5. The molecule has 0 aliphatic carbocycles. The van der Waals surface area contributed by atoms with Gasteiger partial charge in [-0.05, 0) is 57.8 Å². The molecule has 5 heteroatoms. The molecule has 0 rings (SSSR count). The lowest BCUT2D eigenvalue weighted by Crippen LogP contribution is -2.28. The number of allylic oxidation sites excluding steroid dienone is 10. The van der Waals surface area contributed by atoms with E-state index in [4.69, 9.17) is 9.47 Å². The molecule has 1 N–H and O–H groups in total. The first-order valence-corrected chi connectivity index (χ1v) is 31.3. The summed E-state index contributed by atoms with van der Waals surface area (Å²) in [5.41, 5.74) is 0. The van der Waals surface area contributed by atoms with Gasteiger partial charge in [-0.2, -0.15) is 0 Å². The van der Waals surface area contributed by atoms with E-state index in [1.165, 1.54) is 238 Å². The summed E-state index contributed by atoms with van der Waals surface area (Å²) in [5, 5.41) is 9.66. The van der Waals surface area contributed by atoms with Gasteiger partial charge < -0.3 is 14.6 Å². The maximum atomic E-state index is 12.3. The van der Waals surface area contributed by atoms with Crippen LogP contribution in [0.15, 0.2) is 60.8 Å². The molecular formula is C66H120O5. The zero-order valence-electron chi connectivity index (χ0n) is 47.5. The number of carbonyl (C=O) groups excluding carboxylic acids is 2. The molecule has 0 amide bonds. The molecule has 0 spiro atoms.